The molecule has 0 N–H and O–H groups in total. The Morgan fingerprint density at radius 3 is 2.50 bits per heavy atom. The topological polar surface area (TPSA) is 51.7 Å². The number of piperidine rings is 1. The Morgan fingerprint density at radius 2 is 1.85 bits per heavy atom. The summed E-state index contributed by atoms with van der Waals surface area (Å²) in [6.45, 7) is 2.82. The van der Waals surface area contributed by atoms with Crippen molar-refractivity contribution >= 4 is 5.91 Å². The van der Waals surface area contributed by atoms with E-state index in [2.05, 4.69) is 4.98 Å². The molecule has 3 rings (SSSR count). The van der Waals surface area contributed by atoms with Gasteiger partial charge in [0.1, 0.15) is 0 Å². The van der Waals surface area contributed by atoms with Crippen LogP contribution in [0.4, 0.5) is 0 Å². The minimum absolute atomic E-state index is 0.217. The van der Waals surface area contributed by atoms with Crippen molar-refractivity contribution in [1.29, 1.82) is 0 Å². The lowest BCUT2D eigenvalue weighted by molar-refractivity contribution is -0.187. The molecule has 0 radical (unpaired) electrons. The second kappa shape index (κ2) is 5.89. The second-order valence-corrected chi connectivity index (χ2v) is 5.34. The summed E-state index contributed by atoms with van der Waals surface area (Å²) in [5, 5.41) is 0. The van der Waals surface area contributed by atoms with Gasteiger partial charge in [-0.05, 0) is 24.1 Å². The van der Waals surface area contributed by atoms with Crippen LogP contribution in [0.3, 0.4) is 0 Å². The molecule has 5 nitrogen and oxygen atoms in total. The first kappa shape index (κ1) is 13.5. The summed E-state index contributed by atoms with van der Waals surface area (Å²) in [6, 6.07) is 3.91. The first-order valence-electron chi connectivity index (χ1n) is 7.22. The van der Waals surface area contributed by atoms with E-state index in [0.717, 1.165) is 37.9 Å². The Balaban J connectivity index is 1.47. The predicted octanol–water partition coefficient (Wildman–Crippen LogP) is 1.38. The lowest BCUT2D eigenvalue weighted by Gasteiger charge is -2.37. The quantitative estimate of drug-likeness (QED) is 0.837. The average Bonchev–Trinajstić information content (AvgIpc) is 2.95. The third-order valence-corrected chi connectivity index (χ3v) is 4.07. The summed E-state index contributed by atoms with van der Waals surface area (Å²) in [5.41, 5.74) is 1.16. The zero-order chi connectivity index (χ0) is 13.8. The molecule has 0 unspecified atom stereocenters. The molecule has 5 heteroatoms. The van der Waals surface area contributed by atoms with Gasteiger partial charge in [0.05, 0.1) is 13.2 Å². The number of ether oxygens (including phenoxy) is 2. The van der Waals surface area contributed by atoms with Gasteiger partial charge in [-0.15, -0.1) is 0 Å². The summed E-state index contributed by atoms with van der Waals surface area (Å²) in [6.07, 6.45) is 6.43. The van der Waals surface area contributed by atoms with Crippen LogP contribution >= 0.6 is 0 Å². The van der Waals surface area contributed by atoms with Gasteiger partial charge < -0.3 is 14.4 Å². The van der Waals surface area contributed by atoms with E-state index in [1.165, 1.54) is 0 Å². The van der Waals surface area contributed by atoms with Gasteiger partial charge in [0.25, 0.3) is 0 Å². The third kappa shape index (κ3) is 2.99. The molecule has 2 aliphatic rings. The Labute approximate surface area is 118 Å². The molecule has 0 bridgehead atoms. The molecule has 1 amide bonds. The highest BCUT2D eigenvalue weighted by Gasteiger charge is 2.40. The van der Waals surface area contributed by atoms with Gasteiger partial charge in [-0.25, -0.2) is 0 Å². The van der Waals surface area contributed by atoms with E-state index in [-0.39, 0.29) is 5.91 Å². The van der Waals surface area contributed by atoms with Crippen molar-refractivity contribution < 1.29 is 14.3 Å². The number of carbonyl (C=O) groups is 1. The molecule has 1 spiro atoms. The molecule has 1 aromatic rings. The van der Waals surface area contributed by atoms with Gasteiger partial charge in [-0.3, -0.25) is 9.78 Å². The van der Waals surface area contributed by atoms with Crippen LogP contribution in [0, 0.1) is 0 Å². The fourth-order valence-corrected chi connectivity index (χ4v) is 2.84. The molecule has 0 aliphatic carbocycles. The van der Waals surface area contributed by atoms with Gasteiger partial charge in [-0.1, -0.05) is 0 Å². The van der Waals surface area contributed by atoms with Crippen molar-refractivity contribution in [3.63, 3.8) is 0 Å². The smallest absolute Gasteiger partial charge is 0.222 e. The number of nitrogens with zero attached hydrogens (tertiary/aromatic N) is 2. The minimum Gasteiger partial charge on any atom is -0.347 e. The van der Waals surface area contributed by atoms with Crippen LogP contribution in [0.25, 0.3) is 0 Å². The molecule has 108 valence electrons. The number of carbonyl (C=O) groups excluding carboxylic acids is 1. The van der Waals surface area contributed by atoms with E-state index in [0.29, 0.717) is 19.6 Å². The zero-order valence-corrected chi connectivity index (χ0v) is 11.6. The van der Waals surface area contributed by atoms with E-state index in [1.807, 2.05) is 17.0 Å². The summed E-state index contributed by atoms with van der Waals surface area (Å²) in [4.78, 5) is 18.1. The summed E-state index contributed by atoms with van der Waals surface area (Å²) < 4.78 is 11.3. The summed E-state index contributed by atoms with van der Waals surface area (Å²) in [7, 11) is 0. The van der Waals surface area contributed by atoms with Crippen molar-refractivity contribution in [3.05, 3.63) is 30.1 Å². The molecule has 2 aliphatic heterocycles. The van der Waals surface area contributed by atoms with Gasteiger partial charge in [0.15, 0.2) is 5.79 Å². The van der Waals surface area contributed by atoms with Gasteiger partial charge in [0, 0.05) is 44.7 Å². The average molecular weight is 276 g/mol. The fourth-order valence-electron chi connectivity index (χ4n) is 2.84. The van der Waals surface area contributed by atoms with Crippen LogP contribution in [0.1, 0.15) is 24.8 Å². The van der Waals surface area contributed by atoms with Crippen LogP contribution < -0.4 is 0 Å². The highest BCUT2D eigenvalue weighted by Crippen LogP contribution is 2.31. The SMILES string of the molecule is O=C(CCc1ccncc1)N1CCC2(CC1)OCCO2. The van der Waals surface area contributed by atoms with Crippen molar-refractivity contribution in [2.75, 3.05) is 26.3 Å². The number of amides is 1. The normalized spacial score (nSPS) is 21.3. The number of hydrogen-bond acceptors (Lipinski definition) is 4. The van der Waals surface area contributed by atoms with Gasteiger partial charge in [0.2, 0.25) is 5.91 Å². The standard InChI is InChI=1S/C15H20N2O3/c18-14(2-1-13-3-7-16-8-4-13)17-9-5-15(6-10-17)19-11-12-20-15/h3-4,7-8H,1-2,5-6,9-12H2. The monoisotopic (exact) mass is 276 g/mol. The van der Waals surface area contributed by atoms with Gasteiger partial charge >= 0.3 is 0 Å². The maximum atomic E-state index is 12.2. The number of rotatable bonds is 3. The summed E-state index contributed by atoms with van der Waals surface area (Å²) >= 11 is 0. The highest BCUT2D eigenvalue weighted by molar-refractivity contribution is 5.76. The Hall–Kier alpha value is -1.46. The first-order valence-corrected chi connectivity index (χ1v) is 7.22. The maximum absolute atomic E-state index is 12.2. The minimum atomic E-state index is -0.401. The summed E-state index contributed by atoms with van der Waals surface area (Å²) in [5.74, 6) is -0.184. The fraction of sp³-hybridized carbons (Fsp3) is 0.600. The molecule has 20 heavy (non-hydrogen) atoms. The largest absolute Gasteiger partial charge is 0.347 e. The van der Waals surface area contributed by atoms with Crippen molar-refractivity contribution in [2.45, 2.75) is 31.5 Å². The number of likely N-dealkylation sites (tertiary alicyclic amines) is 1. The number of aryl methyl sites for hydroxylation is 1. The van der Waals surface area contributed by atoms with Crippen LogP contribution in [-0.2, 0) is 20.7 Å². The Kier molecular flexibility index (Phi) is 3.98. The van der Waals surface area contributed by atoms with Crippen molar-refractivity contribution in [2.24, 2.45) is 0 Å². The third-order valence-electron chi connectivity index (χ3n) is 4.07. The van der Waals surface area contributed by atoms with Crippen LogP contribution in [-0.4, -0.2) is 47.9 Å². The van der Waals surface area contributed by atoms with Crippen LogP contribution in [0.15, 0.2) is 24.5 Å². The van der Waals surface area contributed by atoms with E-state index in [4.69, 9.17) is 9.47 Å². The van der Waals surface area contributed by atoms with Gasteiger partial charge in [-0.2, -0.15) is 0 Å². The first-order chi connectivity index (χ1) is 9.77. The maximum Gasteiger partial charge on any atom is 0.222 e. The molecule has 0 atom stereocenters. The predicted molar refractivity (Wildman–Crippen MR) is 73.0 cm³/mol. The zero-order valence-electron chi connectivity index (χ0n) is 11.6. The van der Waals surface area contributed by atoms with Crippen LogP contribution in [0.5, 0.6) is 0 Å². The number of hydrogen-bond donors (Lipinski definition) is 0. The van der Waals surface area contributed by atoms with Crippen LogP contribution in [0.2, 0.25) is 0 Å². The van der Waals surface area contributed by atoms with Crippen molar-refractivity contribution in [1.82, 2.24) is 9.88 Å². The lowest BCUT2D eigenvalue weighted by Crippen LogP contribution is -2.47. The molecular weight excluding hydrogens is 256 g/mol. The Morgan fingerprint density at radius 1 is 1.20 bits per heavy atom. The molecule has 1 aromatic heterocycles. The number of pyridine rings is 1. The molecular formula is C15H20N2O3. The second-order valence-electron chi connectivity index (χ2n) is 5.34. The molecule has 0 saturated carbocycles. The molecule has 0 aromatic carbocycles. The molecule has 2 saturated heterocycles. The van der Waals surface area contributed by atoms with E-state index < -0.39 is 5.79 Å². The van der Waals surface area contributed by atoms with Crippen molar-refractivity contribution in [3.8, 4) is 0 Å². The molecule has 3 heterocycles. The Bertz CT molecular complexity index is 447. The lowest BCUT2D eigenvalue weighted by atomic mass is 10.0. The molecule has 2 fully saturated rings. The van der Waals surface area contributed by atoms with E-state index in [1.54, 1.807) is 12.4 Å². The highest BCUT2D eigenvalue weighted by atomic mass is 16.7. The number of aromatic nitrogens is 1. The van der Waals surface area contributed by atoms with E-state index in [9.17, 15) is 4.79 Å². The van der Waals surface area contributed by atoms with E-state index >= 15 is 0 Å².